The highest BCUT2D eigenvalue weighted by molar-refractivity contribution is 6.09. The van der Waals surface area contributed by atoms with E-state index < -0.39 is 23.7 Å². The monoisotopic (exact) mass is 478 g/mol. The Labute approximate surface area is 203 Å². The van der Waals surface area contributed by atoms with Crippen molar-refractivity contribution in [2.24, 2.45) is 5.41 Å². The minimum atomic E-state index is -1.18. The fraction of sp³-hybridized carbons (Fsp3) is 0.308. The van der Waals surface area contributed by atoms with Gasteiger partial charge in [0.15, 0.2) is 0 Å². The second-order valence-electron chi connectivity index (χ2n) is 9.23. The summed E-state index contributed by atoms with van der Waals surface area (Å²) < 4.78 is 20.4. The van der Waals surface area contributed by atoms with Gasteiger partial charge in [-0.3, -0.25) is 9.69 Å². The van der Waals surface area contributed by atoms with Crippen LogP contribution in [0.4, 0.5) is 10.1 Å². The van der Waals surface area contributed by atoms with Crippen LogP contribution in [0.25, 0.3) is 5.69 Å². The molecule has 0 aliphatic carbocycles. The molecule has 0 fully saturated rings. The molecule has 1 amide bonds. The summed E-state index contributed by atoms with van der Waals surface area (Å²) in [7, 11) is 0. The molecule has 182 valence electrons. The van der Waals surface area contributed by atoms with Crippen LogP contribution in [-0.2, 0) is 4.79 Å². The van der Waals surface area contributed by atoms with Crippen molar-refractivity contribution in [2.75, 3.05) is 11.5 Å². The van der Waals surface area contributed by atoms with E-state index in [2.05, 4.69) is 11.2 Å². The highest BCUT2D eigenvalue weighted by Crippen LogP contribution is 2.29. The highest BCUT2D eigenvalue weighted by Gasteiger charge is 2.32. The molecule has 1 atom stereocenters. The van der Waals surface area contributed by atoms with Gasteiger partial charge >= 0.3 is 5.97 Å². The van der Waals surface area contributed by atoms with Gasteiger partial charge < -0.3 is 9.84 Å². The average molecular weight is 479 g/mol. The van der Waals surface area contributed by atoms with Gasteiger partial charge in [-0.05, 0) is 54.3 Å². The van der Waals surface area contributed by atoms with Crippen molar-refractivity contribution in [3.63, 3.8) is 0 Å². The molecule has 0 saturated carbocycles. The number of rotatable bonds is 8. The summed E-state index contributed by atoms with van der Waals surface area (Å²) in [5.41, 5.74) is 0.981. The van der Waals surface area contributed by atoms with Crippen molar-refractivity contribution in [1.29, 1.82) is 5.26 Å². The summed E-state index contributed by atoms with van der Waals surface area (Å²) in [6.07, 6.45) is 2.90. The van der Waals surface area contributed by atoms with E-state index in [0.717, 1.165) is 4.90 Å². The number of hydrogen-bond acceptors (Lipinski definition) is 5. The second-order valence-corrected chi connectivity index (χ2v) is 9.23. The van der Waals surface area contributed by atoms with Crippen molar-refractivity contribution in [3.8, 4) is 17.5 Å². The highest BCUT2D eigenvalue weighted by atomic mass is 19.1. The predicted molar refractivity (Wildman–Crippen MR) is 128 cm³/mol. The largest absolute Gasteiger partial charge is 0.492 e. The smallest absolute Gasteiger partial charge is 0.326 e. The summed E-state index contributed by atoms with van der Waals surface area (Å²) >= 11 is 0. The van der Waals surface area contributed by atoms with Crippen molar-refractivity contribution in [2.45, 2.75) is 40.2 Å². The Morgan fingerprint density at radius 1 is 1.23 bits per heavy atom. The fourth-order valence-corrected chi connectivity index (χ4v) is 3.39. The topological polar surface area (TPSA) is 108 Å². The molecule has 1 unspecified atom stereocenters. The predicted octanol–water partition coefficient (Wildman–Crippen LogP) is 4.82. The molecule has 1 aromatic heterocycles. The number of hydrogen-bond donors (Lipinski definition) is 1. The van der Waals surface area contributed by atoms with Crippen LogP contribution in [0.1, 0.15) is 50.0 Å². The third-order valence-electron chi connectivity index (χ3n) is 5.15. The number of carbonyl (C=O) groups is 2. The number of halogens is 1. The molecule has 2 aromatic carbocycles. The number of nitriles is 1. The van der Waals surface area contributed by atoms with Crippen LogP contribution in [0.15, 0.2) is 54.9 Å². The molecular formula is C26H27FN4O4. The van der Waals surface area contributed by atoms with E-state index in [4.69, 9.17) is 4.74 Å². The van der Waals surface area contributed by atoms with Crippen molar-refractivity contribution >= 4 is 17.6 Å². The molecular weight excluding hydrogens is 451 g/mol. The molecule has 0 bridgehead atoms. The maximum Gasteiger partial charge on any atom is 0.326 e. The standard InChI is InChI=1S/C26H27FN4O4/c1-5-22(25(33)34)31(21-10-11-23(17(12-21)13-28)35-16-26(2,3)4)24(32)18-14-29-30(15-18)20-8-6-19(27)7-9-20/h6-12,14-15,22H,5,16H2,1-4H3,(H,33,34). The molecule has 0 spiro atoms. The zero-order valence-corrected chi connectivity index (χ0v) is 20.0. The van der Waals surface area contributed by atoms with Gasteiger partial charge in [0, 0.05) is 11.9 Å². The van der Waals surface area contributed by atoms with Crippen LogP contribution in [0.2, 0.25) is 0 Å². The molecule has 0 aliphatic heterocycles. The van der Waals surface area contributed by atoms with E-state index in [1.54, 1.807) is 19.1 Å². The number of benzene rings is 2. The number of carboxylic acids is 1. The van der Waals surface area contributed by atoms with Gasteiger partial charge in [-0.15, -0.1) is 0 Å². The van der Waals surface area contributed by atoms with Gasteiger partial charge in [0.2, 0.25) is 0 Å². The Morgan fingerprint density at radius 3 is 2.49 bits per heavy atom. The van der Waals surface area contributed by atoms with Crippen molar-refractivity contribution in [1.82, 2.24) is 9.78 Å². The lowest BCUT2D eigenvalue weighted by Gasteiger charge is -2.28. The summed E-state index contributed by atoms with van der Waals surface area (Å²) in [5.74, 6) is -1.83. The first kappa shape index (κ1) is 25.4. The molecule has 8 nitrogen and oxygen atoms in total. The number of aliphatic carboxylic acids is 1. The molecule has 0 radical (unpaired) electrons. The fourth-order valence-electron chi connectivity index (χ4n) is 3.39. The molecule has 1 N–H and O–H groups in total. The van der Waals surface area contributed by atoms with Crippen LogP contribution in [0.5, 0.6) is 5.75 Å². The van der Waals surface area contributed by atoms with Crippen molar-refractivity contribution < 1.29 is 23.8 Å². The maximum atomic E-state index is 13.5. The molecule has 1 heterocycles. The summed E-state index contributed by atoms with van der Waals surface area (Å²) in [6.45, 7) is 8.03. The molecule has 35 heavy (non-hydrogen) atoms. The molecule has 0 saturated heterocycles. The maximum absolute atomic E-state index is 13.5. The molecule has 0 aliphatic rings. The van der Waals surface area contributed by atoms with E-state index in [-0.39, 0.29) is 28.7 Å². The Morgan fingerprint density at radius 2 is 1.91 bits per heavy atom. The molecule has 3 rings (SSSR count). The summed E-state index contributed by atoms with van der Waals surface area (Å²) in [6, 6.07) is 11.0. The second kappa shape index (κ2) is 10.4. The number of aromatic nitrogens is 2. The SMILES string of the molecule is CCC(C(=O)O)N(C(=O)c1cnn(-c2ccc(F)cc2)c1)c1ccc(OCC(C)(C)C)c(C#N)c1. The lowest BCUT2D eigenvalue weighted by molar-refractivity contribution is -0.138. The van der Waals surface area contributed by atoms with Gasteiger partial charge in [-0.1, -0.05) is 27.7 Å². The number of carbonyl (C=O) groups excluding carboxylic acids is 1. The number of carboxylic acid groups (broad SMARTS) is 1. The minimum absolute atomic E-state index is 0.130. The van der Waals surface area contributed by atoms with Gasteiger partial charge in [0.05, 0.1) is 29.6 Å². The summed E-state index contributed by atoms with van der Waals surface area (Å²) in [4.78, 5) is 26.7. The van der Waals surface area contributed by atoms with E-state index in [0.29, 0.717) is 18.0 Å². The van der Waals surface area contributed by atoms with E-state index >= 15 is 0 Å². The van der Waals surface area contributed by atoms with Gasteiger partial charge in [-0.25, -0.2) is 13.9 Å². The minimum Gasteiger partial charge on any atom is -0.492 e. The quantitative estimate of drug-likeness (QED) is 0.497. The Kier molecular flexibility index (Phi) is 7.55. The first-order chi connectivity index (χ1) is 16.5. The Hall–Kier alpha value is -4.19. The lowest BCUT2D eigenvalue weighted by Crippen LogP contribution is -2.45. The normalized spacial score (nSPS) is 12.0. The van der Waals surface area contributed by atoms with Crippen LogP contribution in [-0.4, -0.2) is 39.4 Å². The zero-order chi connectivity index (χ0) is 25.8. The third-order valence-corrected chi connectivity index (χ3v) is 5.15. The molecule has 3 aromatic rings. The lowest BCUT2D eigenvalue weighted by atomic mass is 9.98. The van der Waals surface area contributed by atoms with Gasteiger partial charge in [0.1, 0.15) is 23.7 Å². The van der Waals surface area contributed by atoms with Gasteiger partial charge in [-0.2, -0.15) is 10.4 Å². The zero-order valence-electron chi connectivity index (χ0n) is 20.0. The number of amides is 1. The van der Waals surface area contributed by atoms with Crippen molar-refractivity contribution in [3.05, 3.63) is 71.8 Å². The molecule has 9 heteroatoms. The van der Waals surface area contributed by atoms with Crippen LogP contribution >= 0.6 is 0 Å². The average Bonchev–Trinajstić information content (AvgIpc) is 3.30. The van der Waals surface area contributed by atoms with E-state index in [1.165, 1.54) is 47.4 Å². The summed E-state index contributed by atoms with van der Waals surface area (Å²) in [5, 5.41) is 23.7. The number of ether oxygens (including phenoxy) is 1. The Bertz CT molecular complexity index is 1260. The van der Waals surface area contributed by atoms with E-state index in [9.17, 15) is 24.3 Å². The first-order valence-corrected chi connectivity index (χ1v) is 11.1. The third kappa shape index (κ3) is 6.03. The van der Waals surface area contributed by atoms with Crippen LogP contribution in [0.3, 0.4) is 0 Å². The van der Waals surface area contributed by atoms with Crippen LogP contribution < -0.4 is 9.64 Å². The number of nitrogens with zero attached hydrogens (tertiary/aromatic N) is 4. The van der Waals surface area contributed by atoms with Gasteiger partial charge in [0.25, 0.3) is 5.91 Å². The Balaban J connectivity index is 2.00. The first-order valence-electron chi connectivity index (χ1n) is 11.1. The van der Waals surface area contributed by atoms with Crippen LogP contribution in [0, 0.1) is 22.6 Å². The number of anilines is 1. The van der Waals surface area contributed by atoms with E-state index in [1.807, 2.05) is 20.8 Å².